The molecule has 22 heavy (non-hydrogen) atoms. The Hall–Kier alpha value is -1.67. The molecule has 0 radical (unpaired) electrons. The first-order valence-electron chi connectivity index (χ1n) is 8.07. The Bertz CT molecular complexity index is 575. The van der Waals surface area contributed by atoms with Crippen molar-refractivity contribution in [1.29, 1.82) is 0 Å². The highest BCUT2D eigenvalue weighted by molar-refractivity contribution is 5.67. The fourth-order valence-corrected chi connectivity index (χ4v) is 2.85. The van der Waals surface area contributed by atoms with E-state index in [1.807, 2.05) is 12.1 Å². The average Bonchev–Trinajstić information content (AvgIpc) is 2.52. The van der Waals surface area contributed by atoms with Crippen LogP contribution in [0.4, 0.5) is 4.39 Å². The number of hydrogen-bond donors (Lipinski definition) is 0. The zero-order valence-corrected chi connectivity index (χ0v) is 13.8. The largest absolute Gasteiger partial charge is 0.309 e. The molecule has 2 aromatic rings. The molecule has 0 amide bonds. The van der Waals surface area contributed by atoms with Gasteiger partial charge in [0.05, 0.1) is 0 Å². The molecule has 0 aliphatic heterocycles. The van der Waals surface area contributed by atoms with Crippen molar-refractivity contribution >= 4 is 0 Å². The third kappa shape index (κ3) is 4.67. The summed E-state index contributed by atoms with van der Waals surface area (Å²) in [5.41, 5.74) is 3.68. The zero-order chi connectivity index (χ0) is 15.9. The molecule has 2 heteroatoms. The van der Waals surface area contributed by atoms with Crippen LogP contribution in [0, 0.1) is 5.82 Å². The van der Waals surface area contributed by atoms with Gasteiger partial charge in [-0.3, -0.25) is 0 Å². The molecule has 0 aromatic heterocycles. The molecule has 0 saturated carbocycles. The van der Waals surface area contributed by atoms with Gasteiger partial charge in [0.1, 0.15) is 5.82 Å². The van der Waals surface area contributed by atoms with E-state index >= 15 is 0 Å². The van der Waals surface area contributed by atoms with E-state index in [0.717, 1.165) is 12.1 Å². The molecule has 2 rings (SSSR count). The fraction of sp³-hybridized carbons (Fsp3) is 0.400. The minimum Gasteiger partial charge on any atom is -0.309 e. The second-order valence-electron chi connectivity index (χ2n) is 6.29. The van der Waals surface area contributed by atoms with Gasteiger partial charge in [-0.25, -0.2) is 4.39 Å². The molecule has 0 heterocycles. The maximum atomic E-state index is 13.1. The molecule has 0 N–H and O–H groups in total. The number of hydrogen-bond acceptors (Lipinski definition) is 1. The van der Waals surface area contributed by atoms with Crippen LogP contribution in [-0.4, -0.2) is 25.5 Å². The summed E-state index contributed by atoms with van der Waals surface area (Å²) >= 11 is 0. The SMILES string of the molecule is CC(CCCCN(C)C)c1ccccc1-c1ccc(F)cc1. The van der Waals surface area contributed by atoms with Gasteiger partial charge < -0.3 is 4.90 Å². The van der Waals surface area contributed by atoms with Gasteiger partial charge in [0.2, 0.25) is 0 Å². The molecule has 1 nitrogen and oxygen atoms in total. The van der Waals surface area contributed by atoms with Gasteiger partial charge in [0.15, 0.2) is 0 Å². The van der Waals surface area contributed by atoms with Crippen molar-refractivity contribution in [3.8, 4) is 11.1 Å². The average molecular weight is 299 g/mol. The van der Waals surface area contributed by atoms with Crippen molar-refractivity contribution in [1.82, 2.24) is 4.90 Å². The molecule has 2 aromatic carbocycles. The summed E-state index contributed by atoms with van der Waals surface area (Å²) in [6.45, 7) is 3.43. The summed E-state index contributed by atoms with van der Waals surface area (Å²) in [7, 11) is 4.24. The number of halogens is 1. The molecule has 0 aliphatic rings. The van der Waals surface area contributed by atoms with Crippen molar-refractivity contribution in [3.05, 3.63) is 59.9 Å². The van der Waals surface area contributed by atoms with Crippen LogP contribution >= 0.6 is 0 Å². The topological polar surface area (TPSA) is 3.24 Å². The van der Waals surface area contributed by atoms with Crippen LogP contribution in [0.15, 0.2) is 48.5 Å². The molecular weight excluding hydrogens is 273 g/mol. The van der Waals surface area contributed by atoms with Gasteiger partial charge in [-0.15, -0.1) is 0 Å². The van der Waals surface area contributed by atoms with Crippen LogP contribution < -0.4 is 0 Å². The normalized spacial score (nSPS) is 12.6. The molecule has 0 aliphatic carbocycles. The standard InChI is InChI=1S/C20H26FN/c1-16(8-6-7-15-22(2)3)19-9-4-5-10-20(19)17-11-13-18(21)14-12-17/h4-5,9-14,16H,6-8,15H2,1-3H3. The predicted molar refractivity (Wildman–Crippen MR) is 92.7 cm³/mol. The third-order valence-corrected chi connectivity index (χ3v) is 4.14. The Morgan fingerprint density at radius 3 is 2.32 bits per heavy atom. The van der Waals surface area contributed by atoms with E-state index in [9.17, 15) is 4.39 Å². The van der Waals surface area contributed by atoms with Gasteiger partial charge in [0, 0.05) is 0 Å². The lowest BCUT2D eigenvalue weighted by Crippen LogP contribution is -2.12. The monoisotopic (exact) mass is 299 g/mol. The Labute approximate surface area is 133 Å². The minimum atomic E-state index is -0.182. The van der Waals surface area contributed by atoms with E-state index in [-0.39, 0.29) is 5.82 Å². The van der Waals surface area contributed by atoms with Crippen molar-refractivity contribution in [2.45, 2.75) is 32.1 Å². The van der Waals surface area contributed by atoms with E-state index < -0.39 is 0 Å². The summed E-state index contributed by atoms with van der Waals surface area (Å²) in [6, 6.07) is 15.3. The first-order chi connectivity index (χ1) is 10.6. The van der Waals surface area contributed by atoms with E-state index in [1.54, 1.807) is 0 Å². The van der Waals surface area contributed by atoms with Gasteiger partial charge in [0.25, 0.3) is 0 Å². The van der Waals surface area contributed by atoms with Gasteiger partial charge >= 0.3 is 0 Å². The highest BCUT2D eigenvalue weighted by Gasteiger charge is 2.11. The van der Waals surface area contributed by atoms with E-state index in [0.29, 0.717) is 5.92 Å². The lowest BCUT2D eigenvalue weighted by Gasteiger charge is -2.17. The smallest absolute Gasteiger partial charge is 0.123 e. The first-order valence-corrected chi connectivity index (χ1v) is 8.07. The highest BCUT2D eigenvalue weighted by Crippen LogP contribution is 2.31. The second-order valence-corrected chi connectivity index (χ2v) is 6.29. The fourth-order valence-electron chi connectivity index (χ4n) is 2.85. The summed E-state index contributed by atoms with van der Waals surface area (Å²) in [5.74, 6) is 0.335. The first kappa shape index (κ1) is 16.7. The van der Waals surface area contributed by atoms with E-state index in [4.69, 9.17) is 0 Å². The Morgan fingerprint density at radius 1 is 0.955 bits per heavy atom. The molecule has 118 valence electrons. The predicted octanol–water partition coefficient (Wildman–Crippen LogP) is 5.33. The summed E-state index contributed by atoms with van der Waals surface area (Å²) in [5, 5.41) is 0. The van der Waals surface area contributed by atoms with E-state index in [2.05, 4.69) is 50.2 Å². The summed E-state index contributed by atoms with van der Waals surface area (Å²) < 4.78 is 13.1. The number of rotatable bonds is 7. The van der Waals surface area contributed by atoms with E-state index in [1.165, 1.54) is 42.5 Å². The molecule has 0 fully saturated rings. The van der Waals surface area contributed by atoms with Crippen molar-refractivity contribution in [2.24, 2.45) is 0 Å². The molecule has 1 atom stereocenters. The Morgan fingerprint density at radius 2 is 1.64 bits per heavy atom. The van der Waals surface area contributed by atoms with Gasteiger partial charge in [-0.1, -0.05) is 49.7 Å². The Balaban J connectivity index is 2.09. The van der Waals surface area contributed by atoms with Crippen molar-refractivity contribution in [2.75, 3.05) is 20.6 Å². The van der Waals surface area contributed by atoms with Crippen molar-refractivity contribution in [3.63, 3.8) is 0 Å². The van der Waals surface area contributed by atoms with Gasteiger partial charge in [-0.2, -0.15) is 0 Å². The Kier molecular flexibility index (Phi) is 6.14. The van der Waals surface area contributed by atoms with Crippen LogP contribution in [0.1, 0.15) is 37.7 Å². The summed E-state index contributed by atoms with van der Waals surface area (Å²) in [4.78, 5) is 2.23. The number of unbranched alkanes of at least 4 members (excludes halogenated alkanes) is 1. The zero-order valence-electron chi connectivity index (χ0n) is 13.8. The van der Waals surface area contributed by atoms with Crippen LogP contribution in [0.2, 0.25) is 0 Å². The quantitative estimate of drug-likeness (QED) is 0.625. The summed E-state index contributed by atoms with van der Waals surface area (Å²) in [6.07, 6.45) is 3.65. The third-order valence-electron chi connectivity index (χ3n) is 4.14. The minimum absolute atomic E-state index is 0.182. The molecule has 0 bridgehead atoms. The second kappa shape index (κ2) is 8.09. The molecular formula is C20H26FN. The van der Waals surface area contributed by atoms with Gasteiger partial charge in [-0.05, 0) is 68.2 Å². The van der Waals surface area contributed by atoms with Crippen molar-refractivity contribution < 1.29 is 4.39 Å². The van der Waals surface area contributed by atoms with Crippen LogP contribution in [0.5, 0.6) is 0 Å². The highest BCUT2D eigenvalue weighted by atomic mass is 19.1. The van der Waals surface area contributed by atoms with Crippen LogP contribution in [-0.2, 0) is 0 Å². The maximum Gasteiger partial charge on any atom is 0.123 e. The number of nitrogens with zero attached hydrogens (tertiary/aromatic N) is 1. The molecule has 0 saturated heterocycles. The lowest BCUT2D eigenvalue weighted by atomic mass is 9.88. The van der Waals surface area contributed by atoms with Crippen LogP contribution in [0.25, 0.3) is 11.1 Å². The number of benzene rings is 2. The molecule has 0 spiro atoms. The maximum absolute atomic E-state index is 13.1. The lowest BCUT2D eigenvalue weighted by molar-refractivity contribution is 0.388. The van der Waals surface area contributed by atoms with Crippen LogP contribution in [0.3, 0.4) is 0 Å². The molecule has 1 unspecified atom stereocenters.